The lowest BCUT2D eigenvalue weighted by Crippen LogP contribution is -2.26. The molecule has 3 nitrogen and oxygen atoms in total. The quantitative estimate of drug-likeness (QED) is 0.637. The molecule has 0 saturated carbocycles. The molecule has 1 aromatic heterocycles. The van der Waals surface area contributed by atoms with Crippen molar-refractivity contribution in [1.82, 2.24) is 0 Å². The Hall–Kier alpha value is -2.09. The van der Waals surface area contributed by atoms with E-state index in [-0.39, 0.29) is 11.3 Å². The standard InChI is InChI=1S/C22H23ClN2OS/c1-22(2,3)15-8-9-17-18(13-24)21(27-19(17)12-15)25-20(26)10-7-14-5-4-6-16(23)11-14/h4-7,10-11,15H,8-9,12H2,1-3H3,(H,25,26)/b10-7+. The normalized spacial score (nSPS) is 16.8. The van der Waals surface area contributed by atoms with Crippen molar-refractivity contribution in [2.45, 2.75) is 40.0 Å². The Kier molecular flexibility index (Phi) is 5.74. The Morgan fingerprint density at radius 3 is 2.85 bits per heavy atom. The summed E-state index contributed by atoms with van der Waals surface area (Å²) in [5.41, 5.74) is 2.86. The van der Waals surface area contributed by atoms with Gasteiger partial charge in [0, 0.05) is 16.0 Å². The first-order valence-electron chi connectivity index (χ1n) is 9.07. The Labute approximate surface area is 169 Å². The fourth-order valence-electron chi connectivity index (χ4n) is 3.47. The van der Waals surface area contributed by atoms with Crippen molar-refractivity contribution in [3.8, 4) is 6.07 Å². The fraction of sp³-hybridized carbons (Fsp3) is 0.364. The molecule has 1 unspecified atom stereocenters. The van der Waals surface area contributed by atoms with Crippen LogP contribution in [0.1, 0.15) is 48.8 Å². The average Bonchev–Trinajstić information content (AvgIpc) is 2.95. The van der Waals surface area contributed by atoms with Crippen molar-refractivity contribution >= 4 is 39.9 Å². The molecular formula is C22H23ClN2OS. The number of nitrogens with one attached hydrogen (secondary N) is 1. The summed E-state index contributed by atoms with van der Waals surface area (Å²) in [4.78, 5) is 13.6. The Balaban J connectivity index is 1.77. The zero-order chi connectivity index (χ0) is 19.6. The van der Waals surface area contributed by atoms with Crippen molar-refractivity contribution in [3.63, 3.8) is 0 Å². The Morgan fingerprint density at radius 1 is 1.41 bits per heavy atom. The first kappa shape index (κ1) is 19.7. The van der Waals surface area contributed by atoms with Gasteiger partial charge in [-0.3, -0.25) is 4.79 Å². The van der Waals surface area contributed by atoms with Crippen LogP contribution in [0.5, 0.6) is 0 Å². The summed E-state index contributed by atoms with van der Waals surface area (Å²) in [6.45, 7) is 6.81. The predicted molar refractivity (Wildman–Crippen MR) is 113 cm³/mol. The van der Waals surface area contributed by atoms with Crippen LogP contribution in [-0.2, 0) is 17.6 Å². The second-order valence-corrected chi connectivity index (χ2v) is 9.54. The summed E-state index contributed by atoms with van der Waals surface area (Å²) in [6.07, 6.45) is 6.17. The number of benzene rings is 1. The third-order valence-electron chi connectivity index (χ3n) is 5.11. The number of hydrogen-bond acceptors (Lipinski definition) is 3. The third-order valence-corrected chi connectivity index (χ3v) is 6.52. The largest absolute Gasteiger partial charge is 0.313 e. The van der Waals surface area contributed by atoms with Gasteiger partial charge in [0.15, 0.2) is 0 Å². The highest BCUT2D eigenvalue weighted by Crippen LogP contribution is 2.43. The number of anilines is 1. The third kappa shape index (κ3) is 4.61. The van der Waals surface area contributed by atoms with Gasteiger partial charge < -0.3 is 5.32 Å². The minimum atomic E-state index is -0.238. The number of nitrogens with zero attached hydrogens (tertiary/aromatic N) is 1. The van der Waals surface area contributed by atoms with Gasteiger partial charge in [0.2, 0.25) is 5.91 Å². The van der Waals surface area contributed by atoms with Gasteiger partial charge in [0.05, 0.1) is 5.56 Å². The van der Waals surface area contributed by atoms with E-state index < -0.39 is 0 Å². The van der Waals surface area contributed by atoms with Crippen molar-refractivity contribution in [2.24, 2.45) is 11.3 Å². The lowest BCUT2D eigenvalue weighted by Gasteiger charge is -2.33. The summed E-state index contributed by atoms with van der Waals surface area (Å²) in [7, 11) is 0. The van der Waals surface area contributed by atoms with E-state index in [1.807, 2.05) is 12.1 Å². The number of thiophene rings is 1. The zero-order valence-electron chi connectivity index (χ0n) is 15.8. The van der Waals surface area contributed by atoms with Crippen LogP contribution in [0, 0.1) is 22.7 Å². The maximum absolute atomic E-state index is 12.3. The maximum Gasteiger partial charge on any atom is 0.249 e. The molecule has 1 atom stereocenters. The molecule has 0 spiro atoms. The summed E-state index contributed by atoms with van der Waals surface area (Å²) in [5.74, 6) is 0.360. The minimum absolute atomic E-state index is 0.238. The van der Waals surface area contributed by atoms with E-state index in [1.54, 1.807) is 29.5 Å². The molecule has 0 radical (unpaired) electrons. The molecule has 140 valence electrons. The topological polar surface area (TPSA) is 52.9 Å². The summed E-state index contributed by atoms with van der Waals surface area (Å²) in [5, 5.41) is 13.8. The summed E-state index contributed by atoms with van der Waals surface area (Å²) in [6, 6.07) is 9.60. The molecule has 5 heteroatoms. The van der Waals surface area contributed by atoms with Crippen molar-refractivity contribution < 1.29 is 4.79 Å². The SMILES string of the molecule is CC(C)(C)C1CCc2c(sc(NC(=O)/C=C/c3cccc(Cl)c3)c2C#N)C1. The Morgan fingerprint density at radius 2 is 2.19 bits per heavy atom. The van der Waals surface area contributed by atoms with Crippen LogP contribution in [0.4, 0.5) is 5.00 Å². The molecule has 1 amide bonds. The second kappa shape index (κ2) is 7.88. The molecule has 1 aliphatic rings. The van der Waals surface area contributed by atoms with E-state index in [0.29, 0.717) is 21.5 Å². The first-order valence-corrected chi connectivity index (χ1v) is 10.3. The molecule has 3 rings (SSSR count). The van der Waals surface area contributed by atoms with E-state index in [0.717, 1.165) is 30.4 Å². The number of halogens is 1. The molecule has 0 fully saturated rings. The van der Waals surface area contributed by atoms with Gasteiger partial charge in [-0.05, 0) is 59.9 Å². The van der Waals surface area contributed by atoms with E-state index in [9.17, 15) is 10.1 Å². The number of amides is 1. The highest BCUT2D eigenvalue weighted by molar-refractivity contribution is 7.16. The van der Waals surface area contributed by atoms with E-state index in [1.165, 1.54) is 11.0 Å². The molecule has 0 saturated heterocycles. The van der Waals surface area contributed by atoms with Gasteiger partial charge in [-0.1, -0.05) is 44.5 Å². The van der Waals surface area contributed by atoms with E-state index >= 15 is 0 Å². The molecule has 27 heavy (non-hydrogen) atoms. The molecule has 1 aromatic carbocycles. The molecule has 0 aliphatic heterocycles. The fourth-order valence-corrected chi connectivity index (χ4v) is 4.95. The molecule has 2 aromatic rings. The lowest BCUT2D eigenvalue weighted by atomic mass is 9.72. The van der Waals surface area contributed by atoms with Crippen LogP contribution in [0.15, 0.2) is 30.3 Å². The summed E-state index contributed by atoms with van der Waals surface area (Å²) >= 11 is 7.51. The van der Waals surface area contributed by atoms with Crippen LogP contribution in [0.2, 0.25) is 5.02 Å². The lowest BCUT2D eigenvalue weighted by molar-refractivity contribution is -0.111. The maximum atomic E-state index is 12.3. The number of hydrogen-bond donors (Lipinski definition) is 1. The van der Waals surface area contributed by atoms with Gasteiger partial charge in [-0.2, -0.15) is 5.26 Å². The van der Waals surface area contributed by atoms with Crippen LogP contribution >= 0.6 is 22.9 Å². The predicted octanol–water partition coefficient (Wildman–Crippen LogP) is 6.08. The van der Waals surface area contributed by atoms with Gasteiger partial charge in [0.1, 0.15) is 11.1 Å². The van der Waals surface area contributed by atoms with Crippen LogP contribution in [0.25, 0.3) is 6.08 Å². The number of carbonyl (C=O) groups is 1. The van der Waals surface area contributed by atoms with Crippen molar-refractivity contribution in [2.75, 3.05) is 5.32 Å². The van der Waals surface area contributed by atoms with Gasteiger partial charge in [-0.15, -0.1) is 11.3 Å². The van der Waals surface area contributed by atoms with Crippen LogP contribution in [-0.4, -0.2) is 5.91 Å². The first-order chi connectivity index (χ1) is 12.8. The summed E-state index contributed by atoms with van der Waals surface area (Å²) < 4.78 is 0. The number of fused-ring (bicyclic) bond motifs is 1. The van der Waals surface area contributed by atoms with Crippen LogP contribution in [0.3, 0.4) is 0 Å². The van der Waals surface area contributed by atoms with Crippen LogP contribution < -0.4 is 5.32 Å². The second-order valence-electron chi connectivity index (χ2n) is 8.00. The molecular weight excluding hydrogens is 376 g/mol. The average molecular weight is 399 g/mol. The van der Waals surface area contributed by atoms with Crippen molar-refractivity contribution in [3.05, 3.63) is 56.9 Å². The van der Waals surface area contributed by atoms with Crippen molar-refractivity contribution in [1.29, 1.82) is 5.26 Å². The van der Waals surface area contributed by atoms with E-state index in [4.69, 9.17) is 11.6 Å². The number of rotatable bonds is 3. The monoisotopic (exact) mass is 398 g/mol. The highest BCUT2D eigenvalue weighted by atomic mass is 35.5. The molecule has 1 heterocycles. The van der Waals surface area contributed by atoms with Gasteiger partial charge in [-0.25, -0.2) is 0 Å². The van der Waals surface area contributed by atoms with Gasteiger partial charge in [0.25, 0.3) is 0 Å². The Bertz CT molecular complexity index is 931. The van der Waals surface area contributed by atoms with E-state index in [2.05, 4.69) is 32.2 Å². The minimum Gasteiger partial charge on any atom is -0.313 e. The molecule has 0 bridgehead atoms. The number of nitriles is 1. The number of carbonyl (C=O) groups excluding carboxylic acids is 1. The molecule has 1 N–H and O–H groups in total. The highest BCUT2D eigenvalue weighted by Gasteiger charge is 2.32. The zero-order valence-corrected chi connectivity index (χ0v) is 17.4. The van der Waals surface area contributed by atoms with Gasteiger partial charge >= 0.3 is 0 Å². The smallest absolute Gasteiger partial charge is 0.249 e. The molecule has 1 aliphatic carbocycles.